The number of piperazine rings is 1. The predicted octanol–water partition coefficient (Wildman–Crippen LogP) is 3.05. The molecule has 158 valence electrons. The Labute approximate surface area is 182 Å². The van der Waals surface area contributed by atoms with Crippen LogP contribution in [0, 0.1) is 0 Å². The molecular formula is C24H24N4O2S. The Balaban J connectivity index is 1.35. The van der Waals surface area contributed by atoms with Crippen molar-refractivity contribution in [2.45, 2.75) is 11.1 Å². The zero-order valence-electron chi connectivity index (χ0n) is 17.1. The molecule has 6 nitrogen and oxygen atoms in total. The van der Waals surface area contributed by atoms with Gasteiger partial charge in [0, 0.05) is 37.3 Å². The summed E-state index contributed by atoms with van der Waals surface area (Å²) in [6.07, 6.45) is -0.0785. The van der Waals surface area contributed by atoms with Gasteiger partial charge >= 0.3 is 0 Å². The molecule has 2 heterocycles. The zero-order valence-corrected chi connectivity index (χ0v) is 17.9. The van der Waals surface area contributed by atoms with Crippen molar-refractivity contribution in [3.63, 3.8) is 0 Å². The quantitative estimate of drug-likeness (QED) is 0.688. The second kappa shape index (κ2) is 8.26. The van der Waals surface area contributed by atoms with Crippen LogP contribution in [0.25, 0.3) is 0 Å². The molecule has 3 aromatic carbocycles. The summed E-state index contributed by atoms with van der Waals surface area (Å²) in [6.45, 7) is 2.17. The van der Waals surface area contributed by atoms with Crippen LogP contribution < -0.4 is 5.43 Å². The Bertz CT molecular complexity index is 1190. The minimum absolute atomic E-state index is 0.0785. The van der Waals surface area contributed by atoms with Gasteiger partial charge in [-0.2, -0.15) is 9.41 Å². The Morgan fingerprint density at radius 3 is 2.10 bits per heavy atom. The molecule has 1 fully saturated rings. The van der Waals surface area contributed by atoms with E-state index in [1.807, 2.05) is 36.4 Å². The van der Waals surface area contributed by atoms with Crippen LogP contribution in [0.5, 0.6) is 0 Å². The van der Waals surface area contributed by atoms with E-state index in [-0.39, 0.29) is 6.17 Å². The molecule has 0 bridgehead atoms. The van der Waals surface area contributed by atoms with Crippen molar-refractivity contribution < 1.29 is 8.42 Å². The molecule has 1 atom stereocenters. The topological polar surface area (TPSA) is 65.0 Å². The summed E-state index contributed by atoms with van der Waals surface area (Å²) in [5, 5.41) is 4.71. The number of fused-ring (bicyclic) bond motifs is 1. The highest BCUT2D eigenvalue weighted by Gasteiger charge is 2.33. The number of rotatable bonds is 4. The van der Waals surface area contributed by atoms with Crippen LogP contribution >= 0.6 is 0 Å². The van der Waals surface area contributed by atoms with E-state index in [2.05, 4.69) is 34.6 Å². The molecule has 31 heavy (non-hydrogen) atoms. The van der Waals surface area contributed by atoms with E-state index < -0.39 is 10.0 Å². The van der Waals surface area contributed by atoms with Crippen LogP contribution in [0.15, 0.2) is 94.9 Å². The molecule has 3 aromatic rings. The fourth-order valence-corrected chi connectivity index (χ4v) is 5.69. The van der Waals surface area contributed by atoms with Gasteiger partial charge in [-0.25, -0.2) is 8.42 Å². The average molecular weight is 433 g/mol. The van der Waals surface area contributed by atoms with Gasteiger partial charge in [0.05, 0.1) is 10.6 Å². The number of nitrogens with zero attached hydrogens (tertiary/aromatic N) is 3. The van der Waals surface area contributed by atoms with Crippen LogP contribution in [0.3, 0.4) is 0 Å². The van der Waals surface area contributed by atoms with Gasteiger partial charge in [0.15, 0.2) is 0 Å². The van der Waals surface area contributed by atoms with Gasteiger partial charge in [-0.3, -0.25) is 10.3 Å². The molecule has 1 unspecified atom stereocenters. The Morgan fingerprint density at radius 1 is 0.774 bits per heavy atom. The highest BCUT2D eigenvalue weighted by molar-refractivity contribution is 7.89. The van der Waals surface area contributed by atoms with Crippen LogP contribution in [-0.4, -0.2) is 49.5 Å². The maximum absolute atomic E-state index is 12.9. The largest absolute Gasteiger partial charge is 0.288 e. The fourth-order valence-electron chi connectivity index (χ4n) is 4.24. The maximum Gasteiger partial charge on any atom is 0.243 e. The van der Waals surface area contributed by atoms with Crippen molar-refractivity contribution in [3.8, 4) is 0 Å². The van der Waals surface area contributed by atoms with Crippen LogP contribution in [0.1, 0.15) is 22.9 Å². The number of hydrogen-bond acceptors (Lipinski definition) is 5. The normalized spacial score (nSPS) is 19.9. The SMILES string of the molecule is O=S(=O)(c1ccccc1)N1CCN(C2NN=C(c3ccccc3)c3ccccc32)CC1. The second-order valence-corrected chi connectivity index (χ2v) is 9.64. The van der Waals surface area contributed by atoms with E-state index in [0.29, 0.717) is 31.1 Å². The third-order valence-electron chi connectivity index (χ3n) is 5.88. The number of benzene rings is 3. The number of nitrogens with one attached hydrogen (secondary N) is 1. The molecule has 0 aromatic heterocycles. The van der Waals surface area contributed by atoms with Gasteiger partial charge < -0.3 is 0 Å². The predicted molar refractivity (Wildman–Crippen MR) is 121 cm³/mol. The second-order valence-electron chi connectivity index (χ2n) is 7.70. The summed E-state index contributed by atoms with van der Waals surface area (Å²) >= 11 is 0. The minimum Gasteiger partial charge on any atom is -0.288 e. The number of hydrazone groups is 1. The molecule has 2 aliphatic rings. The van der Waals surface area contributed by atoms with E-state index >= 15 is 0 Å². The first-order valence-corrected chi connectivity index (χ1v) is 11.9. The standard InChI is InChI=1S/C24H24N4O2S/c29-31(30,20-11-5-2-6-12-20)28-17-15-27(16-18-28)24-22-14-8-7-13-21(22)23(25-26-24)19-9-3-1-4-10-19/h1-14,24,26H,15-18H2. The van der Waals surface area contributed by atoms with Crippen molar-refractivity contribution >= 4 is 15.7 Å². The van der Waals surface area contributed by atoms with Gasteiger partial charge in [0.2, 0.25) is 10.0 Å². The van der Waals surface area contributed by atoms with Crippen molar-refractivity contribution in [1.82, 2.24) is 14.6 Å². The molecule has 0 amide bonds. The Hall–Kier alpha value is -3.00. The van der Waals surface area contributed by atoms with Crippen molar-refractivity contribution in [2.75, 3.05) is 26.2 Å². The van der Waals surface area contributed by atoms with E-state index in [0.717, 1.165) is 22.4 Å². The maximum atomic E-state index is 12.9. The van der Waals surface area contributed by atoms with E-state index in [4.69, 9.17) is 5.10 Å². The van der Waals surface area contributed by atoms with Crippen LogP contribution in [0.2, 0.25) is 0 Å². The van der Waals surface area contributed by atoms with E-state index in [9.17, 15) is 8.42 Å². The first kappa shape index (κ1) is 19.9. The zero-order chi connectivity index (χ0) is 21.3. The third kappa shape index (κ3) is 3.76. The van der Waals surface area contributed by atoms with Gasteiger partial charge in [-0.05, 0) is 17.7 Å². The monoisotopic (exact) mass is 432 g/mol. The van der Waals surface area contributed by atoms with Crippen molar-refractivity contribution in [1.29, 1.82) is 0 Å². The summed E-state index contributed by atoms with van der Waals surface area (Å²) in [7, 11) is -3.46. The highest BCUT2D eigenvalue weighted by atomic mass is 32.2. The minimum atomic E-state index is -3.46. The summed E-state index contributed by atoms with van der Waals surface area (Å²) in [6, 6.07) is 27.1. The lowest BCUT2D eigenvalue weighted by Gasteiger charge is -2.40. The van der Waals surface area contributed by atoms with Crippen molar-refractivity contribution in [3.05, 3.63) is 102 Å². The number of sulfonamides is 1. The molecule has 1 saturated heterocycles. The van der Waals surface area contributed by atoms with E-state index in [1.54, 1.807) is 28.6 Å². The first-order valence-electron chi connectivity index (χ1n) is 10.4. The summed E-state index contributed by atoms with van der Waals surface area (Å²) in [4.78, 5) is 2.61. The fraction of sp³-hybridized carbons (Fsp3) is 0.208. The van der Waals surface area contributed by atoms with Gasteiger partial charge in [0.25, 0.3) is 0 Å². The summed E-state index contributed by atoms with van der Waals surface area (Å²) < 4.78 is 27.5. The smallest absolute Gasteiger partial charge is 0.243 e. The molecule has 5 rings (SSSR count). The molecule has 1 N–H and O–H groups in total. The molecule has 7 heteroatoms. The molecule has 0 spiro atoms. The number of hydrogen-bond donors (Lipinski definition) is 1. The Kier molecular flexibility index (Phi) is 5.31. The molecule has 2 aliphatic heterocycles. The van der Waals surface area contributed by atoms with Crippen molar-refractivity contribution in [2.24, 2.45) is 5.10 Å². The lowest BCUT2D eigenvalue weighted by Crippen LogP contribution is -2.52. The van der Waals surface area contributed by atoms with Gasteiger partial charge in [0.1, 0.15) is 6.17 Å². The molecule has 0 saturated carbocycles. The first-order chi connectivity index (χ1) is 15.1. The van der Waals surface area contributed by atoms with Crippen LogP contribution in [-0.2, 0) is 10.0 Å². The lowest BCUT2D eigenvalue weighted by molar-refractivity contribution is 0.115. The molecule has 0 radical (unpaired) electrons. The van der Waals surface area contributed by atoms with Gasteiger partial charge in [-0.15, -0.1) is 0 Å². The van der Waals surface area contributed by atoms with E-state index in [1.165, 1.54) is 0 Å². The molecule has 0 aliphatic carbocycles. The van der Waals surface area contributed by atoms with Gasteiger partial charge in [-0.1, -0.05) is 72.8 Å². The average Bonchev–Trinajstić information content (AvgIpc) is 2.84. The highest BCUT2D eigenvalue weighted by Crippen LogP contribution is 2.29. The summed E-state index contributed by atoms with van der Waals surface area (Å²) in [5.41, 5.74) is 7.59. The Morgan fingerprint density at radius 2 is 1.39 bits per heavy atom. The lowest BCUT2D eigenvalue weighted by atomic mass is 9.94. The van der Waals surface area contributed by atoms with Crippen LogP contribution in [0.4, 0.5) is 0 Å². The summed E-state index contributed by atoms with van der Waals surface area (Å²) in [5.74, 6) is 0. The molecular weight excluding hydrogens is 408 g/mol. The third-order valence-corrected chi connectivity index (χ3v) is 7.79.